The Labute approximate surface area is 193 Å². The molecule has 0 aliphatic carbocycles. The Kier molecular flexibility index (Phi) is 5.97. The molecule has 0 radical (unpaired) electrons. The van der Waals surface area contributed by atoms with Crippen LogP contribution in [0.3, 0.4) is 0 Å². The van der Waals surface area contributed by atoms with Crippen molar-refractivity contribution in [3.05, 3.63) is 91.8 Å². The number of carbonyl (C=O) groups is 2. The zero-order valence-corrected chi connectivity index (χ0v) is 19.0. The summed E-state index contributed by atoms with van der Waals surface area (Å²) in [5.41, 5.74) is 4.18. The maximum atomic E-state index is 13.3. The van der Waals surface area contributed by atoms with Crippen molar-refractivity contribution in [1.82, 2.24) is 9.47 Å². The molecule has 0 spiro atoms. The molecule has 1 fully saturated rings. The van der Waals surface area contributed by atoms with Gasteiger partial charge in [-0.15, -0.1) is 0 Å². The molecule has 3 aromatic rings. The number of aromatic nitrogens is 1. The number of aryl methyl sites for hydroxylation is 1. The highest BCUT2D eigenvalue weighted by Crippen LogP contribution is 2.35. The van der Waals surface area contributed by atoms with E-state index in [1.165, 1.54) is 17.0 Å². The molecule has 1 aliphatic heterocycles. The Morgan fingerprint density at radius 1 is 1.00 bits per heavy atom. The molecule has 1 aliphatic rings. The third-order valence-electron chi connectivity index (χ3n) is 5.04. The van der Waals surface area contributed by atoms with E-state index in [1.807, 2.05) is 24.5 Å². The lowest BCUT2D eigenvalue weighted by molar-refractivity contribution is -0.123. The van der Waals surface area contributed by atoms with E-state index in [-0.39, 0.29) is 23.5 Å². The Hall–Kier alpha value is -2.54. The topological polar surface area (TPSA) is 42.3 Å². The molecule has 0 bridgehead atoms. The van der Waals surface area contributed by atoms with Gasteiger partial charge < -0.3 is 4.57 Å². The molecule has 0 N–H and O–H groups in total. The lowest BCUT2D eigenvalue weighted by atomic mass is 10.2. The Morgan fingerprint density at radius 2 is 1.71 bits per heavy atom. The monoisotopic (exact) mass is 474 g/mol. The van der Waals surface area contributed by atoms with Crippen LogP contribution < -0.4 is 0 Å². The minimum absolute atomic E-state index is 0.119. The minimum Gasteiger partial charge on any atom is -0.318 e. The number of thioether (sulfide) groups is 1. The first-order valence-corrected chi connectivity index (χ1v) is 11.0. The maximum Gasteiger partial charge on any atom is 0.293 e. The summed E-state index contributed by atoms with van der Waals surface area (Å²) in [4.78, 5) is 26.9. The highest BCUT2D eigenvalue weighted by molar-refractivity contribution is 8.18. The molecular formula is C23H17Cl2FN2O2S. The molecular weight excluding hydrogens is 458 g/mol. The van der Waals surface area contributed by atoms with Gasteiger partial charge in [-0.3, -0.25) is 14.5 Å². The van der Waals surface area contributed by atoms with Crippen LogP contribution in [0, 0.1) is 19.7 Å². The first-order chi connectivity index (χ1) is 14.7. The maximum absolute atomic E-state index is 13.3. The number of rotatable bonds is 4. The normalized spacial score (nSPS) is 15.4. The molecule has 158 valence electrons. The number of nitrogens with zero attached hydrogens (tertiary/aromatic N) is 2. The summed E-state index contributed by atoms with van der Waals surface area (Å²) in [7, 11) is 0. The van der Waals surface area contributed by atoms with Crippen LogP contribution in [0.4, 0.5) is 9.18 Å². The second-order valence-corrected chi connectivity index (χ2v) is 8.96. The number of halogens is 3. The quantitative estimate of drug-likeness (QED) is 0.391. The summed E-state index contributed by atoms with van der Waals surface area (Å²) < 4.78 is 15.3. The molecule has 4 rings (SSSR count). The van der Waals surface area contributed by atoms with E-state index in [1.54, 1.807) is 36.4 Å². The van der Waals surface area contributed by atoms with Gasteiger partial charge in [0.25, 0.3) is 11.1 Å². The smallest absolute Gasteiger partial charge is 0.293 e. The van der Waals surface area contributed by atoms with Gasteiger partial charge in [0.1, 0.15) is 5.82 Å². The first kappa shape index (κ1) is 21.7. The largest absolute Gasteiger partial charge is 0.318 e. The molecule has 2 heterocycles. The Morgan fingerprint density at radius 3 is 2.39 bits per heavy atom. The molecule has 31 heavy (non-hydrogen) atoms. The predicted molar refractivity (Wildman–Crippen MR) is 123 cm³/mol. The van der Waals surface area contributed by atoms with Gasteiger partial charge in [0.2, 0.25) is 0 Å². The van der Waals surface area contributed by atoms with Gasteiger partial charge in [0.05, 0.1) is 21.5 Å². The summed E-state index contributed by atoms with van der Waals surface area (Å²) in [5, 5.41) is 0.445. The summed E-state index contributed by atoms with van der Waals surface area (Å²) in [6.45, 7) is 3.97. The zero-order chi connectivity index (χ0) is 22.3. The molecule has 0 unspecified atom stereocenters. The second kappa shape index (κ2) is 8.54. The van der Waals surface area contributed by atoms with Crippen molar-refractivity contribution in [3.63, 3.8) is 0 Å². The molecule has 0 saturated carbocycles. The van der Waals surface area contributed by atoms with E-state index < -0.39 is 0 Å². The fraction of sp³-hybridized carbons (Fsp3) is 0.130. The lowest BCUT2D eigenvalue weighted by Crippen LogP contribution is -2.27. The third kappa shape index (κ3) is 4.28. The fourth-order valence-electron chi connectivity index (χ4n) is 3.52. The Balaban J connectivity index is 1.61. The van der Waals surface area contributed by atoms with E-state index >= 15 is 0 Å². The van der Waals surface area contributed by atoms with Crippen LogP contribution in [0.15, 0.2) is 53.4 Å². The number of benzene rings is 2. The summed E-state index contributed by atoms with van der Waals surface area (Å²) in [6.07, 6.45) is 1.72. The highest BCUT2D eigenvalue weighted by atomic mass is 35.5. The number of hydrogen-bond donors (Lipinski definition) is 0. The van der Waals surface area contributed by atoms with Crippen LogP contribution in [0.2, 0.25) is 10.0 Å². The number of hydrogen-bond acceptors (Lipinski definition) is 3. The van der Waals surface area contributed by atoms with Gasteiger partial charge in [-0.2, -0.15) is 0 Å². The van der Waals surface area contributed by atoms with Crippen LogP contribution in [-0.2, 0) is 11.3 Å². The van der Waals surface area contributed by atoms with Gasteiger partial charge in [-0.1, -0.05) is 29.3 Å². The highest BCUT2D eigenvalue weighted by Gasteiger charge is 2.35. The number of imide groups is 1. The van der Waals surface area contributed by atoms with Crippen LogP contribution in [0.5, 0.6) is 0 Å². The van der Waals surface area contributed by atoms with E-state index in [9.17, 15) is 14.0 Å². The molecule has 8 heteroatoms. The van der Waals surface area contributed by atoms with Crippen molar-refractivity contribution >= 4 is 52.2 Å². The van der Waals surface area contributed by atoms with E-state index in [0.29, 0.717) is 20.5 Å². The SMILES string of the molecule is Cc1cc(/C=C2\SC(=O)N(Cc3ccc(Cl)c(Cl)c3)C2=O)c(C)n1-c1ccc(F)cc1. The van der Waals surface area contributed by atoms with Crippen molar-refractivity contribution in [1.29, 1.82) is 0 Å². The van der Waals surface area contributed by atoms with Gasteiger partial charge >= 0.3 is 0 Å². The summed E-state index contributed by atoms with van der Waals surface area (Å²) in [5.74, 6) is -0.658. The van der Waals surface area contributed by atoms with Crippen molar-refractivity contribution in [2.24, 2.45) is 0 Å². The summed E-state index contributed by atoms with van der Waals surface area (Å²) in [6, 6.07) is 13.2. The van der Waals surface area contributed by atoms with Crippen LogP contribution in [0.1, 0.15) is 22.5 Å². The molecule has 0 atom stereocenters. The zero-order valence-electron chi connectivity index (χ0n) is 16.7. The summed E-state index contributed by atoms with van der Waals surface area (Å²) >= 11 is 12.9. The van der Waals surface area contributed by atoms with Gasteiger partial charge in [0, 0.05) is 17.1 Å². The molecule has 1 aromatic heterocycles. The van der Waals surface area contributed by atoms with Crippen LogP contribution in [-0.4, -0.2) is 20.6 Å². The first-order valence-electron chi connectivity index (χ1n) is 9.39. The molecule has 2 amide bonds. The fourth-order valence-corrected chi connectivity index (χ4v) is 4.67. The van der Waals surface area contributed by atoms with Crippen molar-refractivity contribution in [2.45, 2.75) is 20.4 Å². The van der Waals surface area contributed by atoms with Crippen molar-refractivity contribution in [2.75, 3.05) is 0 Å². The third-order valence-corrected chi connectivity index (χ3v) is 6.69. The van der Waals surface area contributed by atoms with Gasteiger partial charge in [-0.25, -0.2) is 4.39 Å². The standard InChI is InChI=1S/C23H17Cl2FN2O2S/c1-13-9-16(14(2)28(13)18-6-4-17(26)5-7-18)11-21-22(29)27(23(30)31-21)12-15-3-8-19(24)20(25)10-15/h3-11H,12H2,1-2H3/b21-11-. The van der Waals surface area contributed by atoms with E-state index in [4.69, 9.17) is 23.2 Å². The molecule has 2 aromatic carbocycles. The minimum atomic E-state index is -0.354. The Bertz CT molecular complexity index is 1240. The van der Waals surface area contributed by atoms with E-state index in [2.05, 4.69) is 0 Å². The van der Waals surface area contributed by atoms with Crippen molar-refractivity contribution in [3.8, 4) is 5.69 Å². The second-order valence-electron chi connectivity index (χ2n) is 7.15. The lowest BCUT2D eigenvalue weighted by Gasteiger charge is -2.13. The number of carbonyl (C=O) groups excluding carboxylic acids is 2. The van der Waals surface area contributed by atoms with Crippen molar-refractivity contribution < 1.29 is 14.0 Å². The number of amides is 2. The molecule has 1 saturated heterocycles. The predicted octanol–water partition coefficient (Wildman–Crippen LogP) is 6.78. The van der Waals surface area contributed by atoms with Crippen LogP contribution in [0.25, 0.3) is 11.8 Å². The molecule has 4 nitrogen and oxygen atoms in total. The van der Waals surface area contributed by atoms with Gasteiger partial charge in [0.15, 0.2) is 0 Å². The van der Waals surface area contributed by atoms with E-state index in [0.717, 1.165) is 34.4 Å². The average molecular weight is 475 g/mol. The van der Waals surface area contributed by atoms with Gasteiger partial charge in [-0.05, 0) is 85.3 Å². The average Bonchev–Trinajstić information content (AvgIpc) is 3.15. The van der Waals surface area contributed by atoms with Crippen LogP contribution >= 0.6 is 35.0 Å².